The first-order chi connectivity index (χ1) is 8.36. The van der Waals surface area contributed by atoms with Crippen LogP contribution in [0.25, 0.3) is 10.9 Å². The maximum atomic E-state index is 8.77. The lowest BCUT2D eigenvalue weighted by atomic mass is 10.1. The number of rotatable bonds is 5. The van der Waals surface area contributed by atoms with E-state index in [2.05, 4.69) is 4.98 Å². The third-order valence-electron chi connectivity index (χ3n) is 2.57. The highest BCUT2D eigenvalue weighted by molar-refractivity contribution is 5.86. The molecule has 0 spiro atoms. The fourth-order valence-electron chi connectivity index (χ4n) is 1.71. The number of nitrogens with zero attached hydrogens (tertiary/aromatic N) is 1. The molecule has 0 saturated carbocycles. The molecule has 0 aliphatic heterocycles. The Kier molecular flexibility index (Phi) is 3.90. The Labute approximate surface area is 100 Å². The van der Waals surface area contributed by atoms with Gasteiger partial charge in [-0.15, -0.1) is 0 Å². The summed E-state index contributed by atoms with van der Waals surface area (Å²) in [7, 11) is 0. The predicted molar refractivity (Wildman–Crippen MR) is 66.8 cm³/mol. The van der Waals surface area contributed by atoms with E-state index in [0.29, 0.717) is 19.6 Å². The fraction of sp³-hybridized carbons (Fsp3) is 0.308. The molecule has 0 saturated heterocycles. The number of nitrogens with two attached hydrogens (primary N) is 1. The topological polar surface area (TPSA) is 68.4 Å². The molecule has 1 heterocycles. The number of para-hydroxylation sites is 1. The SMILES string of the molecule is NCc1cnc2ccccc2c1OCCCO. The van der Waals surface area contributed by atoms with E-state index in [9.17, 15) is 0 Å². The standard InChI is InChI=1S/C13H16N2O2/c14-8-10-9-15-12-5-2-1-4-11(12)13(10)17-7-3-6-16/h1-2,4-5,9,16H,3,6-8,14H2. The third kappa shape index (κ3) is 2.54. The second-order valence-corrected chi connectivity index (χ2v) is 3.76. The molecule has 0 atom stereocenters. The van der Waals surface area contributed by atoms with E-state index in [1.807, 2.05) is 24.3 Å². The minimum atomic E-state index is 0.126. The van der Waals surface area contributed by atoms with Gasteiger partial charge in [0, 0.05) is 36.7 Å². The van der Waals surface area contributed by atoms with Crippen molar-refractivity contribution in [1.29, 1.82) is 0 Å². The number of fused-ring (bicyclic) bond motifs is 1. The van der Waals surface area contributed by atoms with Gasteiger partial charge in [-0.2, -0.15) is 0 Å². The number of benzene rings is 1. The van der Waals surface area contributed by atoms with Crippen LogP contribution in [0.2, 0.25) is 0 Å². The molecule has 2 aromatic rings. The lowest BCUT2D eigenvalue weighted by Gasteiger charge is -2.12. The lowest BCUT2D eigenvalue weighted by molar-refractivity contribution is 0.234. The summed E-state index contributed by atoms with van der Waals surface area (Å²) in [5.41, 5.74) is 7.46. The van der Waals surface area contributed by atoms with Crippen molar-refractivity contribution >= 4 is 10.9 Å². The zero-order valence-electron chi connectivity index (χ0n) is 9.60. The van der Waals surface area contributed by atoms with Gasteiger partial charge in [0.25, 0.3) is 0 Å². The molecule has 0 unspecified atom stereocenters. The van der Waals surface area contributed by atoms with E-state index < -0.39 is 0 Å². The summed E-state index contributed by atoms with van der Waals surface area (Å²) in [6, 6.07) is 7.79. The Hall–Kier alpha value is -1.65. The van der Waals surface area contributed by atoms with Crippen molar-refractivity contribution in [3.8, 4) is 5.75 Å². The molecule has 0 aliphatic rings. The molecule has 4 heteroatoms. The number of aliphatic hydroxyl groups excluding tert-OH is 1. The Morgan fingerprint density at radius 1 is 1.29 bits per heavy atom. The highest BCUT2D eigenvalue weighted by Crippen LogP contribution is 2.28. The highest BCUT2D eigenvalue weighted by atomic mass is 16.5. The predicted octanol–water partition coefficient (Wildman–Crippen LogP) is 1.45. The zero-order valence-corrected chi connectivity index (χ0v) is 9.60. The highest BCUT2D eigenvalue weighted by Gasteiger charge is 2.08. The summed E-state index contributed by atoms with van der Waals surface area (Å²) in [5.74, 6) is 0.784. The van der Waals surface area contributed by atoms with Crippen LogP contribution >= 0.6 is 0 Å². The third-order valence-corrected chi connectivity index (χ3v) is 2.57. The molecule has 0 bridgehead atoms. The molecule has 1 aromatic carbocycles. The summed E-state index contributed by atoms with van der Waals surface area (Å²) in [6.07, 6.45) is 2.36. The monoisotopic (exact) mass is 232 g/mol. The van der Waals surface area contributed by atoms with Gasteiger partial charge in [0.05, 0.1) is 12.1 Å². The molecule has 0 radical (unpaired) electrons. The second-order valence-electron chi connectivity index (χ2n) is 3.76. The fourth-order valence-corrected chi connectivity index (χ4v) is 1.71. The smallest absolute Gasteiger partial charge is 0.134 e. The summed E-state index contributed by atoms with van der Waals surface area (Å²) >= 11 is 0. The molecule has 1 aromatic heterocycles. The normalized spacial score (nSPS) is 10.7. The van der Waals surface area contributed by atoms with E-state index in [4.69, 9.17) is 15.6 Å². The molecule has 3 N–H and O–H groups in total. The average molecular weight is 232 g/mol. The van der Waals surface area contributed by atoms with E-state index in [-0.39, 0.29) is 6.61 Å². The molecule has 0 amide bonds. The van der Waals surface area contributed by atoms with E-state index >= 15 is 0 Å². The molecule has 2 rings (SSSR count). The van der Waals surface area contributed by atoms with Gasteiger partial charge in [-0.05, 0) is 12.1 Å². The van der Waals surface area contributed by atoms with Crippen LogP contribution in [0, 0.1) is 0 Å². The number of hydrogen-bond donors (Lipinski definition) is 2. The van der Waals surface area contributed by atoms with Crippen LogP contribution in [0.5, 0.6) is 5.75 Å². The van der Waals surface area contributed by atoms with Gasteiger partial charge in [-0.25, -0.2) is 0 Å². The van der Waals surface area contributed by atoms with Gasteiger partial charge in [-0.1, -0.05) is 12.1 Å². The van der Waals surface area contributed by atoms with E-state index in [0.717, 1.165) is 22.2 Å². The maximum Gasteiger partial charge on any atom is 0.134 e. The molecule has 4 nitrogen and oxygen atoms in total. The first kappa shape index (κ1) is 11.8. The number of aliphatic hydroxyl groups is 1. The molecule has 0 aliphatic carbocycles. The van der Waals surface area contributed by atoms with E-state index in [1.54, 1.807) is 6.20 Å². The number of hydrogen-bond acceptors (Lipinski definition) is 4. The largest absolute Gasteiger partial charge is 0.492 e. The minimum Gasteiger partial charge on any atom is -0.492 e. The second kappa shape index (κ2) is 5.61. The number of aromatic nitrogens is 1. The Morgan fingerprint density at radius 3 is 2.88 bits per heavy atom. The van der Waals surface area contributed by atoms with Gasteiger partial charge >= 0.3 is 0 Å². The van der Waals surface area contributed by atoms with Gasteiger partial charge in [0.15, 0.2) is 0 Å². The Balaban J connectivity index is 2.40. The number of ether oxygens (including phenoxy) is 1. The minimum absolute atomic E-state index is 0.126. The van der Waals surface area contributed by atoms with Crippen molar-refractivity contribution in [2.24, 2.45) is 5.73 Å². The quantitative estimate of drug-likeness (QED) is 0.766. The molecule has 0 fully saturated rings. The van der Waals surface area contributed by atoms with Gasteiger partial charge in [0.1, 0.15) is 5.75 Å². The van der Waals surface area contributed by atoms with Crippen molar-refractivity contribution in [3.05, 3.63) is 36.0 Å². The van der Waals surface area contributed by atoms with Crippen LogP contribution in [0.3, 0.4) is 0 Å². The first-order valence-electron chi connectivity index (χ1n) is 5.67. The van der Waals surface area contributed by atoms with Crippen molar-refractivity contribution in [3.63, 3.8) is 0 Å². The summed E-state index contributed by atoms with van der Waals surface area (Å²) in [5, 5.41) is 9.73. The van der Waals surface area contributed by atoms with E-state index in [1.165, 1.54) is 0 Å². The van der Waals surface area contributed by atoms with Crippen molar-refractivity contribution in [2.45, 2.75) is 13.0 Å². The molecular weight excluding hydrogens is 216 g/mol. The van der Waals surface area contributed by atoms with Crippen molar-refractivity contribution < 1.29 is 9.84 Å². The summed E-state index contributed by atoms with van der Waals surface area (Å²) in [4.78, 5) is 4.33. The molecule has 90 valence electrons. The van der Waals surface area contributed by atoms with Gasteiger partial charge in [0.2, 0.25) is 0 Å². The Bertz CT molecular complexity index is 500. The molecular formula is C13H16N2O2. The van der Waals surface area contributed by atoms with Crippen LogP contribution < -0.4 is 10.5 Å². The van der Waals surface area contributed by atoms with Crippen molar-refractivity contribution in [1.82, 2.24) is 4.98 Å². The first-order valence-corrected chi connectivity index (χ1v) is 5.67. The van der Waals surface area contributed by atoms with Crippen LogP contribution in [-0.4, -0.2) is 23.3 Å². The number of pyridine rings is 1. The van der Waals surface area contributed by atoms with Gasteiger partial charge in [-0.3, -0.25) is 4.98 Å². The molecule has 17 heavy (non-hydrogen) atoms. The summed E-state index contributed by atoms with van der Waals surface area (Å²) < 4.78 is 5.70. The lowest BCUT2D eigenvalue weighted by Crippen LogP contribution is -2.06. The zero-order chi connectivity index (χ0) is 12.1. The average Bonchev–Trinajstić information content (AvgIpc) is 2.39. The van der Waals surface area contributed by atoms with Crippen LogP contribution in [0.1, 0.15) is 12.0 Å². The maximum absolute atomic E-state index is 8.77. The Morgan fingerprint density at radius 2 is 2.12 bits per heavy atom. The summed E-state index contributed by atoms with van der Waals surface area (Å²) in [6.45, 7) is 1.00. The van der Waals surface area contributed by atoms with Crippen LogP contribution in [-0.2, 0) is 6.54 Å². The van der Waals surface area contributed by atoms with Crippen LogP contribution in [0.4, 0.5) is 0 Å². The van der Waals surface area contributed by atoms with Gasteiger partial charge < -0.3 is 15.6 Å². The van der Waals surface area contributed by atoms with Crippen LogP contribution in [0.15, 0.2) is 30.5 Å². The van der Waals surface area contributed by atoms with Crippen molar-refractivity contribution in [2.75, 3.05) is 13.2 Å².